The molecule has 0 amide bonds. The number of benzene rings is 1. The van der Waals surface area contributed by atoms with Gasteiger partial charge in [0.15, 0.2) is 0 Å². The highest BCUT2D eigenvalue weighted by molar-refractivity contribution is 7.87. The Hall–Kier alpha value is -0.820. The van der Waals surface area contributed by atoms with Gasteiger partial charge in [-0.1, -0.05) is 11.6 Å². The molecule has 0 heterocycles. The van der Waals surface area contributed by atoms with Gasteiger partial charge in [-0.2, -0.15) is 17.4 Å². The van der Waals surface area contributed by atoms with E-state index < -0.39 is 10.2 Å². The van der Waals surface area contributed by atoms with Crippen LogP contribution in [0.5, 0.6) is 0 Å². The molecule has 1 aromatic rings. The monoisotopic (exact) mass is 289 g/mol. The second kappa shape index (κ2) is 5.05. The van der Waals surface area contributed by atoms with Crippen molar-refractivity contribution >= 4 is 27.5 Å². The van der Waals surface area contributed by atoms with E-state index in [1.807, 2.05) is 0 Å². The molecule has 7 heteroatoms. The number of halogens is 1. The minimum absolute atomic E-state index is 0.0914. The van der Waals surface area contributed by atoms with E-state index in [1.165, 1.54) is 11.4 Å². The van der Waals surface area contributed by atoms with Crippen LogP contribution < -0.4 is 10.5 Å². The molecule has 2 rings (SSSR count). The maximum Gasteiger partial charge on any atom is 0.279 e. The van der Waals surface area contributed by atoms with Gasteiger partial charge in [0, 0.05) is 30.3 Å². The molecule has 1 fully saturated rings. The molecule has 0 bridgehead atoms. The summed E-state index contributed by atoms with van der Waals surface area (Å²) in [5.41, 5.74) is 6.92. The Bertz CT molecular complexity index is 543. The largest absolute Gasteiger partial charge is 0.399 e. The lowest BCUT2D eigenvalue weighted by Gasteiger charge is -2.18. The molecule has 0 aromatic heterocycles. The van der Waals surface area contributed by atoms with Crippen molar-refractivity contribution < 1.29 is 8.42 Å². The van der Waals surface area contributed by atoms with Gasteiger partial charge in [0.2, 0.25) is 0 Å². The number of hydrogen-bond donors (Lipinski definition) is 2. The molecule has 1 saturated carbocycles. The third-order valence-corrected chi connectivity index (χ3v) is 4.72. The third-order valence-electron chi connectivity index (χ3n) is 2.77. The van der Waals surface area contributed by atoms with Crippen LogP contribution in [0.2, 0.25) is 5.02 Å². The number of nitrogens with one attached hydrogen (secondary N) is 1. The fourth-order valence-corrected chi connectivity index (χ4v) is 2.87. The van der Waals surface area contributed by atoms with Crippen LogP contribution in [-0.2, 0) is 16.8 Å². The van der Waals surface area contributed by atoms with Gasteiger partial charge in [0.05, 0.1) is 0 Å². The minimum atomic E-state index is -3.44. The minimum Gasteiger partial charge on any atom is -0.399 e. The van der Waals surface area contributed by atoms with Crippen LogP contribution in [0.3, 0.4) is 0 Å². The Morgan fingerprint density at radius 3 is 2.78 bits per heavy atom. The predicted molar refractivity (Wildman–Crippen MR) is 72.4 cm³/mol. The molecule has 3 N–H and O–H groups in total. The number of nitrogens with two attached hydrogens (primary N) is 1. The average molecular weight is 290 g/mol. The number of rotatable bonds is 5. The first-order valence-corrected chi connectivity index (χ1v) is 7.48. The lowest BCUT2D eigenvalue weighted by molar-refractivity contribution is 0.454. The fourth-order valence-electron chi connectivity index (χ4n) is 1.54. The molecule has 100 valence electrons. The molecule has 0 unspecified atom stereocenters. The lowest BCUT2D eigenvalue weighted by atomic mass is 10.2. The first kappa shape index (κ1) is 13.6. The highest BCUT2D eigenvalue weighted by atomic mass is 35.5. The maximum atomic E-state index is 11.9. The molecule has 1 aliphatic rings. The highest BCUT2D eigenvalue weighted by Gasteiger charge is 2.29. The van der Waals surface area contributed by atoms with Gasteiger partial charge < -0.3 is 5.73 Å². The summed E-state index contributed by atoms with van der Waals surface area (Å²) in [6.07, 6.45) is 1.82. The number of hydrogen-bond acceptors (Lipinski definition) is 3. The molecule has 0 atom stereocenters. The number of nitrogen functional groups attached to an aromatic ring is 1. The van der Waals surface area contributed by atoms with Crippen molar-refractivity contribution in [3.63, 3.8) is 0 Å². The second-order valence-electron chi connectivity index (χ2n) is 4.50. The van der Waals surface area contributed by atoms with E-state index in [2.05, 4.69) is 4.72 Å². The molecule has 0 radical (unpaired) electrons. The Morgan fingerprint density at radius 1 is 1.50 bits per heavy atom. The molecule has 1 aliphatic carbocycles. The predicted octanol–water partition coefficient (Wildman–Crippen LogP) is 1.35. The van der Waals surface area contributed by atoms with Crippen LogP contribution in [0.25, 0.3) is 0 Å². The lowest BCUT2D eigenvalue weighted by Crippen LogP contribution is -2.38. The third kappa shape index (κ3) is 3.35. The zero-order valence-corrected chi connectivity index (χ0v) is 11.6. The van der Waals surface area contributed by atoms with E-state index in [0.29, 0.717) is 16.3 Å². The van der Waals surface area contributed by atoms with Crippen molar-refractivity contribution in [2.24, 2.45) is 0 Å². The quantitative estimate of drug-likeness (QED) is 0.804. The topological polar surface area (TPSA) is 75.4 Å². The van der Waals surface area contributed by atoms with Crippen LogP contribution in [0, 0.1) is 0 Å². The van der Waals surface area contributed by atoms with Gasteiger partial charge >= 0.3 is 0 Å². The van der Waals surface area contributed by atoms with Crippen LogP contribution in [0.4, 0.5) is 5.69 Å². The zero-order valence-electron chi connectivity index (χ0n) is 10.1. The van der Waals surface area contributed by atoms with Crippen molar-refractivity contribution in [3.8, 4) is 0 Å². The second-order valence-corrected chi connectivity index (χ2v) is 6.72. The SMILES string of the molecule is CN(Cc1cc(N)ccc1Cl)S(=O)(=O)NC1CC1. The van der Waals surface area contributed by atoms with E-state index in [1.54, 1.807) is 18.2 Å². The van der Waals surface area contributed by atoms with Crippen molar-refractivity contribution in [2.45, 2.75) is 25.4 Å². The summed E-state index contributed by atoms with van der Waals surface area (Å²) in [7, 11) is -1.92. The Morgan fingerprint density at radius 2 is 2.17 bits per heavy atom. The molecule has 0 spiro atoms. The number of nitrogens with zero attached hydrogens (tertiary/aromatic N) is 1. The van der Waals surface area contributed by atoms with Gasteiger partial charge in [-0.05, 0) is 36.6 Å². The van der Waals surface area contributed by atoms with E-state index in [-0.39, 0.29) is 12.6 Å². The standard InChI is InChI=1S/C11H16ClN3O2S/c1-15(18(16,17)14-10-3-4-10)7-8-6-9(13)2-5-11(8)12/h2,5-6,10,14H,3-4,7,13H2,1H3. The summed E-state index contributed by atoms with van der Waals surface area (Å²) in [6, 6.07) is 5.13. The van der Waals surface area contributed by atoms with Gasteiger partial charge in [0.1, 0.15) is 0 Å². The van der Waals surface area contributed by atoms with E-state index >= 15 is 0 Å². The van der Waals surface area contributed by atoms with E-state index in [9.17, 15) is 8.42 Å². The smallest absolute Gasteiger partial charge is 0.279 e. The molecular formula is C11H16ClN3O2S. The molecule has 18 heavy (non-hydrogen) atoms. The van der Waals surface area contributed by atoms with Crippen LogP contribution in [-0.4, -0.2) is 25.8 Å². The first-order valence-electron chi connectivity index (χ1n) is 5.66. The molecule has 5 nitrogen and oxygen atoms in total. The zero-order chi connectivity index (χ0) is 13.3. The summed E-state index contributed by atoms with van der Waals surface area (Å²) >= 11 is 6.01. The fraction of sp³-hybridized carbons (Fsp3) is 0.455. The van der Waals surface area contributed by atoms with Crippen molar-refractivity contribution in [3.05, 3.63) is 28.8 Å². The summed E-state index contributed by atoms with van der Waals surface area (Å²) in [6.45, 7) is 0.200. The van der Waals surface area contributed by atoms with E-state index in [4.69, 9.17) is 17.3 Å². The van der Waals surface area contributed by atoms with Crippen LogP contribution in [0.1, 0.15) is 18.4 Å². The summed E-state index contributed by atoms with van der Waals surface area (Å²) in [5, 5.41) is 0.512. The Balaban J connectivity index is 2.10. The Labute approximate surface area is 112 Å². The van der Waals surface area contributed by atoms with Crippen molar-refractivity contribution in [1.29, 1.82) is 0 Å². The number of anilines is 1. The van der Waals surface area contributed by atoms with Gasteiger partial charge in [-0.15, -0.1) is 0 Å². The van der Waals surface area contributed by atoms with Crippen molar-refractivity contribution in [2.75, 3.05) is 12.8 Å². The average Bonchev–Trinajstić information content (AvgIpc) is 3.06. The van der Waals surface area contributed by atoms with E-state index in [0.717, 1.165) is 12.8 Å². The molecule has 0 aliphatic heterocycles. The van der Waals surface area contributed by atoms with Gasteiger partial charge in [0.25, 0.3) is 10.2 Å². The highest BCUT2D eigenvalue weighted by Crippen LogP contribution is 2.23. The Kier molecular flexibility index (Phi) is 3.82. The van der Waals surface area contributed by atoms with Gasteiger partial charge in [-0.3, -0.25) is 0 Å². The van der Waals surface area contributed by atoms with Crippen LogP contribution >= 0.6 is 11.6 Å². The summed E-state index contributed by atoms with van der Waals surface area (Å²) in [4.78, 5) is 0. The van der Waals surface area contributed by atoms with Crippen LogP contribution in [0.15, 0.2) is 18.2 Å². The molecule has 0 saturated heterocycles. The maximum absolute atomic E-state index is 11.9. The first-order chi connectivity index (χ1) is 8.38. The summed E-state index contributed by atoms with van der Waals surface area (Å²) < 4.78 is 27.7. The normalized spacial score (nSPS) is 16.2. The molecule has 1 aromatic carbocycles. The summed E-state index contributed by atoms with van der Waals surface area (Å²) in [5.74, 6) is 0. The van der Waals surface area contributed by atoms with Crippen molar-refractivity contribution in [1.82, 2.24) is 9.03 Å². The molecular weight excluding hydrogens is 274 g/mol. The van der Waals surface area contributed by atoms with Gasteiger partial charge in [-0.25, -0.2) is 0 Å².